The van der Waals surface area contributed by atoms with E-state index in [2.05, 4.69) is 41.1 Å². The molecule has 1 aromatic carbocycles. The van der Waals surface area contributed by atoms with E-state index in [0.717, 1.165) is 22.0 Å². The molecule has 2 aromatic rings. The number of nitrogens with zero attached hydrogens (tertiary/aromatic N) is 3. The molecule has 11 heteroatoms. The van der Waals surface area contributed by atoms with Gasteiger partial charge in [0.2, 0.25) is 10.0 Å². The fourth-order valence-electron chi connectivity index (χ4n) is 4.53. The number of sulfonamides is 1. The van der Waals surface area contributed by atoms with E-state index in [1.165, 1.54) is 22.7 Å². The van der Waals surface area contributed by atoms with Crippen LogP contribution in [0.15, 0.2) is 30.5 Å². The summed E-state index contributed by atoms with van der Waals surface area (Å²) in [6.45, 7) is 3.99. The summed E-state index contributed by atoms with van der Waals surface area (Å²) in [4.78, 5) is 20.2. The molecule has 1 amide bonds. The molecule has 2 aliphatic rings. The van der Waals surface area contributed by atoms with Crippen molar-refractivity contribution in [2.45, 2.75) is 43.8 Å². The smallest absolute Gasteiger partial charge is 0.266 e. The Morgan fingerprint density at radius 1 is 1.18 bits per heavy atom. The first kappa shape index (κ1) is 25.1. The van der Waals surface area contributed by atoms with Gasteiger partial charge in [0, 0.05) is 58.4 Å². The van der Waals surface area contributed by atoms with Gasteiger partial charge in [0.1, 0.15) is 0 Å². The molecule has 34 heavy (non-hydrogen) atoms. The zero-order chi connectivity index (χ0) is 24.2. The van der Waals surface area contributed by atoms with Crippen LogP contribution < -0.4 is 10.4 Å². The first-order chi connectivity index (χ1) is 16.4. The molecular formula is C23H32N4O5S2. The van der Waals surface area contributed by atoms with Crippen molar-refractivity contribution in [2.24, 2.45) is 0 Å². The monoisotopic (exact) mass is 508 g/mol. The summed E-state index contributed by atoms with van der Waals surface area (Å²) in [5.74, 6) is -0.886. The van der Waals surface area contributed by atoms with Gasteiger partial charge in [-0.2, -0.15) is 4.31 Å². The van der Waals surface area contributed by atoms with Gasteiger partial charge < -0.3 is 9.64 Å². The highest BCUT2D eigenvalue weighted by Gasteiger charge is 2.54. The Morgan fingerprint density at radius 2 is 1.85 bits per heavy atom. The van der Waals surface area contributed by atoms with Gasteiger partial charge in [-0.05, 0) is 24.0 Å². The molecule has 2 fully saturated rings. The van der Waals surface area contributed by atoms with E-state index in [4.69, 9.17) is 4.74 Å². The Balaban J connectivity index is 1.42. The maximum atomic E-state index is 13.5. The lowest BCUT2D eigenvalue weighted by Gasteiger charge is -2.41. The summed E-state index contributed by atoms with van der Waals surface area (Å²) in [7, 11) is -3.97. The number of piperazine rings is 1. The molecule has 4 rings (SSSR count). The number of hydrogen-bond acceptors (Lipinski definition) is 8. The highest BCUT2D eigenvalue weighted by atomic mass is 32.2. The number of benzene rings is 1. The number of thiazole rings is 1. The Hall–Kier alpha value is -2.05. The van der Waals surface area contributed by atoms with E-state index < -0.39 is 20.7 Å². The molecule has 2 aliphatic heterocycles. The van der Waals surface area contributed by atoms with E-state index in [1.807, 2.05) is 6.20 Å². The number of nitrogens with one attached hydrogen (secondary N) is 1. The molecule has 0 spiro atoms. The average Bonchev–Trinajstić information content (AvgIpc) is 3.38. The molecule has 9 nitrogen and oxygen atoms in total. The van der Waals surface area contributed by atoms with E-state index in [1.54, 1.807) is 16.8 Å². The molecular weight excluding hydrogens is 476 g/mol. The average molecular weight is 509 g/mol. The second-order valence-electron chi connectivity index (χ2n) is 8.75. The predicted octanol–water partition coefficient (Wildman–Crippen LogP) is 2.66. The standard InChI is InChI=1S/C23H32N4O5S2/c1-2-3-4-18-5-7-19(8-6-18)20-17-24-22(33-20)26-11-13-27(14-12-26)34(30,31)23(21(28)25-29)9-15-32-16-10-23/h5-8,17,29H,2-4,9-16H2,1H3,(H,25,28). The van der Waals surface area contributed by atoms with Gasteiger partial charge in [-0.1, -0.05) is 48.9 Å². The molecule has 0 unspecified atom stereocenters. The molecule has 2 saturated heterocycles. The van der Waals surface area contributed by atoms with Crippen LogP contribution in [0.4, 0.5) is 5.13 Å². The Kier molecular flexibility index (Phi) is 7.88. The first-order valence-corrected chi connectivity index (χ1v) is 14.0. The van der Waals surface area contributed by atoms with Crippen LogP contribution >= 0.6 is 11.3 Å². The first-order valence-electron chi connectivity index (χ1n) is 11.7. The Bertz CT molecular complexity index is 1070. The number of rotatable bonds is 8. The summed E-state index contributed by atoms with van der Waals surface area (Å²) >= 11 is 1.59. The zero-order valence-electron chi connectivity index (χ0n) is 19.4. The summed E-state index contributed by atoms with van der Waals surface area (Å²) in [5.41, 5.74) is 4.03. The Labute approximate surface area is 204 Å². The number of amides is 1. The quantitative estimate of drug-likeness (QED) is 0.416. The van der Waals surface area contributed by atoms with Gasteiger partial charge in [-0.15, -0.1) is 0 Å². The molecule has 0 saturated carbocycles. The SMILES string of the molecule is CCCCc1ccc(-c2cnc(N3CCN(S(=O)(=O)C4(C(=O)NO)CCOCC4)CC3)s2)cc1. The lowest BCUT2D eigenvalue weighted by molar-refractivity contribution is -0.134. The number of hydroxylamine groups is 1. The summed E-state index contributed by atoms with van der Waals surface area (Å²) in [5, 5.41) is 10.1. The van der Waals surface area contributed by atoms with Gasteiger partial charge in [0.05, 0.1) is 4.88 Å². The van der Waals surface area contributed by atoms with Gasteiger partial charge >= 0.3 is 0 Å². The molecule has 0 bridgehead atoms. The highest BCUT2D eigenvalue weighted by Crippen LogP contribution is 2.35. The number of unbranched alkanes of at least 4 members (excludes halogenated alkanes) is 1. The van der Waals surface area contributed by atoms with Crippen LogP contribution in [-0.2, 0) is 26.0 Å². The van der Waals surface area contributed by atoms with Crippen LogP contribution in [0.5, 0.6) is 0 Å². The molecule has 0 radical (unpaired) electrons. The molecule has 186 valence electrons. The molecule has 3 heterocycles. The number of carbonyl (C=O) groups excluding carboxylic acids is 1. The zero-order valence-corrected chi connectivity index (χ0v) is 21.0. The van der Waals surface area contributed by atoms with Crippen LogP contribution in [0, 0.1) is 0 Å². The lowest BCUT2D eigenvalue weighted by Crippen LogP contribution is -2.62. The van der Waals surface area contributed by atoms with Crippen molar-refractivity contribution in [2.75, 3.05) is 44.3 Å². The van der Waals surface area contributed by atoms with Gasteiger partial charge in [0.15, 0.2) is 9.88 Å². The number of hydrogen-bond donors (Lipinski definition) is 2. The molecule has 0 atom stereocenters. The maximum absolute atomic E-state index is 13.5. The Morgan fingerprint density at radius 3 is 2.47 bits per heavy atom. The highest BCUT2D eigenvalue weighted by molar-refractivity contribution is 7.91. The van der Waals surface area contributed by atoms with Crippen LogP contribution in [0.2, 0.25) is 0 Å². The third-order valence-corrected chi connectivity index (χ3v) is 10.4. The van der Waals surface area contributed by atoms with Gasteiger partial charge in [0.25, 0.3) is 5.91 Å². The summed E-state index contributed by atoms with van der Waals surface area (Å²) in [6, 6.07) is 8.60. The molecule has 2 N–H and O–H groups in total. The fraction of sp³-hybridized carbons (Fsp3) is 0.565. The van der Waals surface area contributed by atoms with E-state index in [9.17, 15) is 18.4 Å². The van der Waals surface area contributed by atoms with Gasteiger partial charge in [-0.25, -0.2) is 18.9 Å². The predicted molar refractivity (Wildman–Crippen MR) is 132 cm³/mol. The van der Waals surface area contributed by atoms with Crippen LogP contribution in [0.1, 0.15) is 38.2 Å². The summed E-state index contributed by atoms with van der Waals surface area (Å²) in [6.07, 6.45) is 5.37. The van der Waals surface area contributed by atoms with E-state index in [-0.39, 0.29) is 39.1 Å². The number of anilines is 1. The van der Waals surface area contributed by atoms with Crippen molar-refractivity contribution >= 4 is 32.4 Å². The van der Waals surface area contributed by atoms with Crippen molar-refractivity contribution in [1.82, 2.24) is 14.8 Å². The van der Waals surface area contributed by atoms with Crippen LogP contribution in [0.3, 0.4) is 0 Å². The van der Waals surface area contributed by atoms with E-state index >= 15 is 0 Å². The number of aryl methyl sites for hydroxylation is 1. The van der Waals surface area contributed by atoms with Crippen molar-refractivity contribution in [3.8, 4) is 10.4 Å². The maximum Gasteiger partial charge on any atom is 0.266 e. The minimum atomic E-state index is -3.97. The van der Waals surface area contributed by atoms with Crippen molar-refractivity contribution in [1.29, 1.82) is 0 Å². The lowest BCUT2D eigenvalue weighted by atomic mass is 9.98. The normalized spacial score (nSPS) is 19.2. The number of carbonyl (C=O) groups is 1. The van der Waals surface area contributed by atoms with Gasteiger partial charge in [-0.3, -0.25) is 10.0 Å². The second-order valence-corrected chi connectivity index (χ2v) is 12.0. The fourth-order valence-corrected chi connectivity index (χ4v) is 7.61. The minimum absolute atomic E-state index is 0.0228. The molecule has 1 aromatic heterocycles. The van der Waals surface area contributed by atoms with Crippen molar-refractivity contribution < 1.29 is 23.2 Å². The summed E-state index contributed by atoms with van der Waals surface area (Å²) < 4.78 is 31.9. The number of aromatic nitrogens is 1. The third kappa shape index (κ3) is 4.85. The second kappa shape index (κ2) is 10.7. The largest absolute Gasteiger partial charge is 0.381 e. The topological polar surface area (TPSA) is 112 Å². The van der Waals surface area contributed by atoms with E-state index in [0.29, 0.717) is 13.1 Å². The van der Waals surface area contributed by atoms with Crippen molar-refractivity contribution in [3.63, 3.8) is 0 Å². The third-order valence-electron chi connectivity index (χ3n) is 6.71. The van der Waals surface area contributed by atoms with Crippen molar-refractivity contribution in [3.05, 3.63) is 36.0 Å². The minimum Gasteiger partial charge on any atom is -0.381 e. The van der Waals surface area contributed by atoms with Crippen LogP contribution in [-0.4, -0.2) is 73.0 Å². The number of ether oxygens (including phenoxy) is 1. The molecule has 0 aliphatic carbocycles. The van der Waals surface area contributed by atoms with Crippen LogP contribution in [0.25, 0.3) is 10.4 Å².